The van der Waals surface area contributed by atoms with E-state index >= 15 is 0 Å². The van der Waals surface area contributed by atoms with Gasteiger partial charge in [0.2, 0.25) is 5.75 Å². The molecule has 0 aliphatic heterocycles. The standard InChI is InChI=1S/C12H12N4O3/c1-8-2-3-10(16(17)18)11(4-8)19-12-14-6-9(5-13)7-15-12/h2-4,6-7H,5,13H2,1H3. The van der Waals surface area contributed by atoms with Gasteiger partial charge in [-0.25, -0.2) is 9.97 Å². The number of nitro groups is 1. The molecule has 0 saturated heterocycles. The van der Waals surface area contributed by atoms with Crippen LogP contribution in [0.4, 0.5) is 5.69 Å². The molecular weight excluding hydrogens is 248 g/mol. The Bertz CT molecular complexity index is 598. The van der Waals surface area contributed by atoms with Crippen LogP contribution >= 0.6 is 0 Å². The Kier molecular flexibility index (Phi) is 3.67. The zero-order valence-corrected chi connectivity index (χ0v) is 10.2. The summed E-state index contributed by atoms with van der Waals surface area (Å²) in [6.45, 7) is 2.14. The molecule has 1 aromatic carbocycles. The molecule has 0 bridgehead atoms. The van der Waals surface area contributed by atoms with Crippen LogP contribution in [0, 0.1) is 17.0 Å². The van der Waals surface area contributed by atoms with Gasteiger partial charge in [-0.15, -0.1) is 0 Å². The Balaban J connectivity index is 2.31. The Labute approximate surface area is 109 Å². The van der Waals surface area contributed by atoms with E-state index in [4.69, 9.17) is 10.5 Å². The maximum atomic E-state index is 10.9. The summed E-state index contributed by atoms with van der Waals surface area (Å²) in [6.07, 6.45) is 3.04. The number of ether oxygens (including phenoxy) is 1. The van der Waals surface area contributed by atoms with Crippen molar-refractivity contribution in [1.29, 1.82) is 0 Å². The van der Waals surface area contributed by atoms with E-state index in [0.717, 1.165) is 11.1 Å². The van der Waals surface area contributed by atoms with Crippen LogP contribution in [0.15, 0.2) is 30.6 Å². The Morgan fingerprint density at radius 3 is 2.63 bits per heavy atom. The van der Waals surface area contributed by atoms with Crippen LogP contribution in [-0.4, -0.2) is 14.9 Å². The van der Waals surface area contributed by atoms with Gasteiger partial charge >= 0.3 is 11.7 Å². The predicted molar refractivity (Wildman–Crippen MR) is 67.8 cm³/mol. The van der Waals surface area contributed by atoms with Gasteiger partial charge in [0, 0.05) is 30.6 Å². The van der Waals surface area contributed by atoms with Crippen molar-refractivity contribution in [1.82, 2.24) is 9.97 Å². The lowest BCUT2D eigenvalue weighted by molar-refractivity contribution is -0.385. The van der Waals surface area contributed by atoms with Crippen LogP contribution in [0.3, 0.4) is 0 Å². The number of benzene rings is 1. The van der Waals surface area contributed by atoms with Crippen molar-refractivity contribution < 1.29 is 9.66 Å². The van der Waals surface area contributed by atoms with Crippen molar-refractivity contribution in [3.8, 4) is 11.8 Å². The SMILES string of the molecule is Cc1ccc([N+](=O)[O-])c(Oc2ncc(CN)cn2)c1. The number of nitrogens with zero attached hydrogens (tertiary/aromatic N) is 3. The predicted octanol–water partition coefficient (Wildman–Crippen LogP) is 1.94. The second kappa shape index (κ2) is 5.40. The van der Waals surface area contributed by atoms with E-state index in [1.807, 2.05) is 6.92 Å². The first-order chi connectivity index (χ1) is 9.10. The largest absolute Gasteiger partial charge is 0.417 e. The molecule has 19 heavy (non-hydrogen) atoms. The summed E-state index contributed by atoms with van der Waals surface area (Å²) in [4.78, 5) is 18.3. The summed E-state index contributed by atoms with van der Waals surface area (Å²) in [5.74, 6) is 0.116. The average molecular weight is 260 g/mol. The molecule has 0 spiro atoms. The Morgan fingerprint density at radius 1 is 1.37 bits per heavy atom. The van der Waals surface area contributed by atoms with Crippen LogP contribution < -0.4 is 10.5 Å². The highest BCUT2D eigenvalue weighted by Crippen LogP contribution is 2.30. The summed E-state index contributed by atoms with van der Waals surface area (Å²) in [7, 11) is 0. The smallest absolute Gasteiger partial charge is 0.322 e. The normalized spacial score (nSPS) is 10.2. The molecular formula is C12H12N4O3. The Morgan fingerprint density at radius 2 is 2.05 bits per heavy atom. The van der Waals surface area contributed by atoms with Gasteiger partial charge in [0.25, 0.3) is 0 Å². The molecule has 0 aliphatic carbocycles. The van der Waals surface area contributed by atoms with Crippen LogP contribution in [0.25, 0.3) is 0 Å². The number of nitro benzene ring substituents is 1. The monoisotopic (exact) mass is 260 g/mol. The van der Waals surface area contributed by atoms with E-state index in [1.165, 1.54) is 18.5 Å². The number of rotatable bonds is 4. The summed E-state index contributed by atoms with van der Waals surface area (Å²) in [5, 5.41) is 10.9. The number of aryl methyl sites for hydroxylation is 1. The number of nitrogens with two attached hydrogens (primary N) is 1. The van der Waals surface area contributed by atoms with E-state index in [-0.39, 0.29) is 17.4 Å². The molecule has 0 fully saturated rings. The zero-order chi connectivity index (χ0) is 13.8. The highest BCUT2D eigenvalue weighted by Gasteiger charge is 2.16. The fourth-order valence-electron chi connectivity index (χ4n) is 1.45. The third-order valence-electron chi connectivity index (χ3n) is 2.43. The van der Waals surface area contributed by atoms with Gasteiger partial charge in [0.15, 0.2) is 0 Å². The molecule has 1 aromatic heterocycles. The maximum Gasteiger partial charge on any atom is 0.322 e. The second-order valence-corrected chi connectivity index (χ2v) is 3.91. The van der Waals surface area contributed by atoms with Crippen molar-refractivity contribution in [3.63, 3.8) is 0 Å². The van der Waals surface area contributed by atoms with Gasteiger partial charge < -0.3 is 10.5 Å². The maximum absolute atomic E-state index is 10.9. The van der Waals surface area contributed by atoms with Gasteiger partial charge in [-0.05, 0) is 18.6 Å². The van der Waals surface area contributed by atoms with Gasteiger partial charge in [-0.1, -0.05) is 6.07 Å². The minimum Gasteiger partial charge on any atom is -0.417 e. The molecule has 0 aliphatic rings. The first-order valence-corrected chi connectivity index (χ1v) is 5.54. The third kappa shape index (κ3) is 3.02. The zero-order valence-electron chi connectivity index (χ0n) is 10.2. The van der Waals surface area contributed by atoms with Crippen LogP contribution in [-0.2, 0) is 6.54 Å². The number of hydrogen-bond acceptors (Lipinski definition) is 6. The van der Waals surface area contributed by atoms with Crippen LogP contribution in [0.5, 0.6) is 11.8 Å². The van der Waals surface area contributed by atoms with E-state index in [0.29, 0.717) is 6.54 Å². The quantitative estimate of drug-likeness (QED) is 0.665. The highest BCUT2D eigenvalue weighted by molar-refractivity contribution is 5.49. The molecule has 0 saturated carbocycles. The first kappa shape index (κ1) is 12.9. The molecule has 7 nitrogen and oxygen atoms in total. The lowest BCUT2D eigenvalue weighted by atomic mass is 10.2. The van der Waals surface area contributed by atoms with Crippen molar-refractivity contribution in [3.05, 3.63) is 51.8 Å². The molecule has 0 amide bonds. The lowest BCUT2D eigenvalue weighted by Gasteiger charge is -2.05. The number of aromatic nitrogens is 2. The Hall–Kier alpha value is -2.54. The summed E-state index contributed by atoms with van der Waals surface area (Å²) in [5.41, 5.74) is 6.90. The minimum absolute atomic E-state index is 0.0471. The summed E-state index contributed by atoms with van der Waals surface area (Å²) < 4.78 is 5.35. The number of hydrogen-bond donors (Lipinski definition) is 1. The summed E-state index contributed by atoms with van der Waals surface area (Å²) in [6, 6.07) is 4.64. The van der Waals surface area contributed by atoms with Gasteiger partial charge in [0.1, 0.15) is 0 Å². The molecule has 98 valence electrons. The van der Waals surface area contributed by atoms with Gasteiger partial charge in [0.05, 0.1) is 4.92 Å². The average Bonchev–Trinajstić information content (AvgIpc) is 2.39. The van der Waals surface area contributed by atoms with Crippen molar-refractivity contribution in [2.75, 3.05) is 0 Å². The highest BCUT2D eigenvalue weighted by atomic mass is 16.6. The van der Waals surface area contributed by atoms with Crippen molar-refractivity contribution in [2.45, 2.75) is 13.5 Å². The van der Waals surface area contributed by atoms with E-state index < -0.39 is 4.92 Å². The van der Waals surface area contributed by atoms with E-state index in [9.17, 15) is 10.1 Å². The fourth-order valence-corrected chi connectivity index (χ4v) is 1.45. The third-order valence-corrected chi connectivity index (χ3v) is 2.43. The fraction of sp³-hybridized carbons (Fsp3) is 0.167. The van der Waals surface area contributed by atoms with E-state index in [2.05, 4.69) is 9.97 Å². The molecule has 2 aromatic rings. The molecule has 2 N–H and O–H groups in total. The minimum atomic E-state index is -0.511. The lowest BCUT2D eigenvalue weighted by Crippen LogP contribution is -2.00. The molecule has 1 heterocycles. The topological polar surface area (TPSA) is 104 Å². The second-order valence-electron chi connectivity index (χ2n) is 3.91. The van der Waals surface area contributed by atoms with Crippen LogP contribution in [0.2, 0.25) is 0 Å². The molecule has 7 heteroatoms. The van der Waals surface area contributed by atoms with Crippen molar-refractivity contribution in [2.24, 2.45) is 5.73 Å². The first-order valence-electron chi connectivity index (χ1n) is 5.54. The van der Waals surface area contributed by atoms with Crippen LogP contribution in [0.1, 0.15) is 11.1 Å². The van der Waals surface area contributed by atoms with E-state index in [1.54, 1.807) is 12.1 Å². The molecule has 0 unspecified atom stereocenters. The molecule has 2 rings (SSSR count). The van der Waals surface area contributed by atoms with Crippen molar-refractivity contribution >= 4 is 5.69 Å². The molecule has 0 radical (unpaired) electrons. The van der Waals surface area contributed by atoms with Gasteiger partial charge in [-0.2, -0.15) is 0 Å². The molecule has 0 atom stereocenters. The van der Waals surface area contributed by atoms with Gasteiger partial charge in [-0.3, -0.25) is 10.1 Å². The summed E-state index contributed by atoms with van der Waals surface area (Å²) >= 11 is 0.